The minimum absolute atomic E-state index is 0.0365. The maximum atomic E-state index is 12.7. The Bertz CT molecular complexity index is 700. The van der Waals surface area contributed by atoms with Crippen LogP contribution in [0.2, 0.25) is 0 Å². The number of carbonyl (C=O) groups excluding carboxylic acids is 1. The van der Waals surface area contributed by atoms with Crippen LogP contribution in [0.4, 0.5) is 11.4 Å². The predicted octanol–water partition coefficient (Wildman–Crippen LogP) is 4.48. The number of para-hydroxylation sites is 1. The molecule has 1 N–H and O–H groups in total. The zero-order valence-electron chi connectivity index (χ0n) is 15.3. The van der Waals surface area contributed by atoms with Crippen molar-refractivity contribution in [2.75, 3.05) is 23.3 Å². The number of pyridine rings is 1. The summed E-state index contributed by atoms with van der Waals surface area (Å²) in [6, 6.07) is 9.84. The van der Waals surface area contributed by atoms with Gasteiger partial charge in [0.15, 0.2) is 0 Å². The Morgan fingerprint density at radius 3 is 2.42 bits per heavy atom. The molecular weight excluding hydrogens is 298 g/mol. The fourth-order valence-corrected chi connectivity index (χ4v) is 2.75. The topological polar surface area (TPSA) is 45.2 Å². The number of hydrogen-bond donors (Lipinski definition) is 1. The number of carbonyl (C=O) groups is 1. The lowest BCUT2D eigenvalue weighted by Gasteiger charge is -2.23. The predicted molar refractivity (Wildman–Crippen MR) is 101 cm³/mol. The molecule has 0 bridgehead atoms. The monoisotopic (exact) mass is 325 g/mol. The molecule has 4 nitrogen and oxygen atoms in total. The van der Waals surface area contributed by atoms with E-state index in [4.69, 9.17) is 0 Å². The van der Waals surface area contributed by atoms with E-state index in [2.05, 4.69) is 55.9 Å². The molecule has 0 spiro atoms. The van der Waals surface area contributed by atoms with E-state index in [1.54, 1.807) is 12.4 Å². The largest absolute Gasteiger partial charge is 0.371 e. The van der Waals surface area contributed by atoms with Gasteiger partial charge in [-0.15, -0.1) is 0 Å². The van der Waals surface area contributed by atoms with Crippen LogP contribution in [0, 0.1) is 0 Å². The standard InChI is InChI=1S/C20H27N3O/c1-6-23(7-2)16-12-15(13-21-14-16)19(24)22-18-11-9-8-10-17(18)20(3,4)5/h8-14H,6-7H2,1-5H3,(H,22,24). The number of nitrogens with one attached hydrogen (secondary N) is 1. The summed E-state index contributed by atoms with van der Waals surface area (Å²) in [4.78, 5) is 19.1. The zero-order valence-corrected chi connectivity index (χ0v) is 15.3. The fourth-order valence-electron chi connectivity index (χ4n) is 2.75. The average Bonchev–Trinajstić information content (AvgIpc) is 2.56. The third kappa shape index (κ3) is 4.13. The van der Waals surface area contributed by atoms with E-state index in [1.807, 2.05) is 24.3 Å². The van der Waals surface area contributed by atoms with Gasteiger partial charge in [0.1, 0.15) is 0 Å². The van der Waals surface area contributed by atoms with E-state index < -0.39 is 0 Å². The SMILES string of the molecule is CCN(CC)c1cncc(C(=O)Nc2ccccc2C(C)(C)C)c1. The molecule has 0 aliphatic heterocycles. The van der Waals surface area contributed by atoms with Gasteiger partial charge in [0.25, 0.3) is 5.91 Å². The minimum Gasteiger partial charge on any atom is -0.371 e. The highest BCUT2D eigenvalue weighted by Crippen LogP contribution is 2.29. The van der Waals surface area contributed by atoms with Gasteiger partial charge in [-0.3, -0.25) is 9.78 Å². The van der Waals surface area contributed by atoms with Gasteiger partial charge in [0.05, 0.1) is 17.4 Å². The van der Waals surface area contributed by atoms with Gasteiger partial charge in [-0.05, 0) is 37.0 Å². The van der Waals surface area contributed by atoms with Crippen LogP contribution in [0.1, 0.15) is 50.5 Å². The van der Waals surface area contributed by atoms with Crippen molar-refractivity contribution in [3.05, 3.63) is 53.9 Å². The van der Waals surface area contributed by atoms with Gasteiger partial charge in [-0.2, -0.15) is 0 Å². The first-order valence-electron chi connectivity index (χ1n) is 8.47. The fraction of sp³-hybridized carbons (Fsp3) is 0.400. The van der Waals surface area contributed by atoms with Gasteiger partial charge in [-0.1, -0.05) is 39.0 Å². The molecule has 0 saturated carbocycles. The highest BCUT2D eigenvalue weighted by molar-refractivity contribution is 6.05. The summed E-state index contributed by atoms with van der Waals surface area (Å²) < 4.78 is 0. The average molecular weight is 325 g/mol. The van der Waals surface area contributed by atoms with E-state index >= 15 is 0 Å². The molecule has 2 rings (SSSR count). The number of rotatable bonds is 5. The molecule has 0 aliphatic carbocycles. The molecule has 1 heterocycles. The minimum atomic E-state index is -0.131. The molecule has 0 aliphatic rings. The number of hydrogen-bond acceptors (Lipinski definition) is 3. The summed E-state index contributed by atoms with van der Waals surface area (Å²) in [6.07, 6.45) is 3.41. The van der Waals surface area contributed by atoms with Gasteiger partial charge in [-0.25, -0.2) is 0 Å². The van der Waals surface area contributed by atoms with E-state index in [0.29, 0.717) is 5.56 Å². The molecule has 128 valence electrons. The Kier molecular flexibility index (Phi) is 5.60. The number of aromatic nitrogens is 1. The van der Waals surface area contributed by atoms with Gasteiger partial charge >= 0.3 is 0 Å². The summed E-state index contributed by atoms with van der Waals surface area (Å²) in [7, 11) is 0. The molecular formula is C20H27N3O. The normalized spacial score (nSPS) is 11.2. The molecule has 2 aromatic rings. The van der Waals surface area contributed by atoms with Crippen molar-refractivity contribution < 1.29 is 4.79 Å². The maximum Gasteiger partial charge on any atom is 0.257 e. The third-order valence-electron chi connectivity index (χ3n) is 4.10. The van der Waals surface area contributed by atoms with Crippen molar-refractivity contribution in [2.45, 2.75) is 40.0 Å². The molecule has 0 unspecified atom stereocenters. The summed E-state index contributed by atoms with van der Waals surface area (Å²) in [5.41, 5.74) is 3.47. The van der Waals surface area contributed by atoms with Crippen molar-refractivity contribution in [3.63, 3.8) is 0 Å². The Morgan fingerprint density at radius 1 is 1.12 bits per heavy atom. The lowest BCUT2D eigenvalue weighted by atomic mass is 9.86. The highest BCUT2D eigenvalue weighted by Gasteiger charge is 2.19. The molecule has 24 heavy (non-hydrogen) atoms. The lowest BCUT2D eigenvalue weighted by molar-refractivity contribution is 0.102. The number of nitrogens with zero attached hydrogens (tertiary/aromatic N) is 2. The second kappa shape index (κ2) is 7.47. The van der Waals surface area contributed by atoms with Crippen LogP contribution in [0.3, 0.4) is 0 Å². The zero-order chi connectivity index (χ0) is 17.7. The van der Waals surface area contributed by atoms with Gasteiger partial charge in [0.2, 0.25) is 0 Å². The number of anilines is 2. The van der Waals surface area contributed by atoms with E-state index in [1.165, 1.54) is 0 Å². The van der Waals surface area contributed by atoms with E-state index in [0.717, 1.165) is 30.0 Å². The van der Waals surface area contributed by atoms with Crippen LogP contribution in [-0.2, 0) is 5.41 Å². The van der Waals surface area contributed by atoms with E-state index in [-0.39, 0.29) is 11.3 Å². The smallest absolute Gasteiger partial charge is 0.257 e. The van der Waals surface area contributed by atoms with Crippen molar-refractivity contribution in [1.29, 1.82) is 0 Å². The first-order chi connectivity index (χ1) is 11.4. The maximum absolute atomic E-state index is 12.7. The lowest BCUT2D eigenvalue weighted by Crippen LogP contribution is -2.23. The summed E-state index contributed by atoms with van der Waals surface area (Å²) in [5, 5.41) is 3.04. The summed E-state index contributed by atoms with van der Waals surface area (Å²) >= 11 is 0. The molecule has 0 fully saturated rings. The van der Waals surface area contributed by atoms with Gasteiger partial charge < -0.3 is 10.2 Å². The molecule has 1 aromatic heterocycles. The molecule has 0 atom stereocenters. The quantitative estimate of drug-likeness (QED) is 0.881. The molecule has 4 heteroatoms. The van der Waals surface area contributed by atoms with Crippen LogP contribution in [0.25, 0.3) is 0 Å². The van der Waals surface area contributed by atoms with Crippen molar-refractivity contribution in [3.8, 4) is 0 Å². The van der Waals surface area contributed by atoms with Crippen LogP contribution < -0.4 is 10.2 Å². The first kappa shape index (κ1) is 18.0. The van der Waals surface area contributed by atoms with Crippen molar-refractivity contribution >= 4 is 17.3 Å². The molecule has 0 radical (unpaired) electrons. The highest BCUT2D eigenvalue weighted by atomic mass is 16.1. The van der Waals surface area contributed by atoms with Crippen LogP contribution in [0.15, 0.2) is 42.7 Å². The van der Waals surface area contributed by atoms with E-state index in [9.17, 15) is 4.79 Å². The van der Waals surface area contributed by atoms with Gasteiger partial charge in [0, 0.05) is 25.0 Å². The van der Waals surface area contributed by atoms with Crippen LogP contribution >= 0.6 is 0 Å². The Hall–Kier alpha value is -2.36. The molecule has 0 saturated heterocycles. The van der Waals surface area contributed by atoms with Crippen LogP contribution in [-0.4, -0.2) is 24.0 Å². The Morgan fingerprint density at radius 2 is 1.79 bits per heavy atom. The van der Waals surface area contributed by atoms with Crippen LogP contribution in [0.5, 0.6) is 0 Å². The Labute approximate surface area is 144 Å². The molecule has 1 amide bonds. The summed E-state index contributed by atoms with van der Waals surface area (Å²) in [5.74, 6) is -0.131. The van der Waals surface area contributed by atoms with Crippen molar-refractivity contribution in [1.82, 2.24) is 4.98 Å². The molecule has 1 aromatic carbocycles. The second-order valence-electron chi connectivity index (χ2n) is 6.85. The number of benzene rings is 1. The second-order valence-corrected chi connectivity index (χ2v) is 6.85. The van der Waals surface area contributed by atoms with Crippen molar-refractivity contribution in [2.24, 2.45) is 0 Å². The Balaban J connectivity index is 2.27. The number of amides is 1. The third-order valence-corrected chi connectivity index (χ3v) is 4.10. The summed E-state index contributed by atoms with van der Waals surface area (Å²) in [6.45, 7) is 12.4. The first-order valence-corrected chi connectivity index (χ1v) is 8.47.